The van der Waals surface area contributed by atoms with Crippen molar-refractivity contribution in [2.75, 3.05) is 12.0 Å². The van der Waals surface area contributed by atoms with Gasteiger partial charge in [0.05, 0.1) is 30.7 Å². The summed E-state index contributed by atoms with van der Waals surface area (Å²) in [6, 6.07) is 20.6. The van der Waals surface area contributed by atoms with Crippen LogP contribution in [0.5, 0.6) is 5.75 Å². The molecule has 174 valence electrons. The van der Waals surface area contributed by atoms with Gasteiger partial charge in [-0.15, -0.1) is 0 Å². The van der Waals surface area contributed by atoms with Gasteiger partial charge in [0, 0.05) is 16.2 Å². The molecule has 0 unspecified atom stereocenters. The fraction of sp³-hybridized carbons (Fsp3) is 0.179. The maximum Gasteiger partial charge on any atom is 0.240 e. The molecule has 6 nitrogen and oxygen atoms in total. The van der Waals surface area contributed by atoms with E-state index in [1.807, 2.05) is 53.6 Å². The highest BCUT2D eigenvalue weighted by atomic mass is 79.9. The molecule has 2 fully saturated rings. The van der Waals surface area contributed by atoms with Crippen molar-refractivity contribution in [1.29, 1.82) is 0 Å². The van der Waals surface area contributed by atoms with Crippen molar-refractivity contribution < 1.29 is 19.1 Å². The van der Waals surface area contributed by atoms with Crippen LogP contribution in [0, 0.1) is 11.8 Å². The number of hydrogen-bond donors (Lipinski definition) is 0. The molecule has 2 saturated heterocycles. The Bertz CT molecular complexity index is 1380. The van der Waals surface area contributed by atoms with Crippen LogP contribution in [0.25, 0.3) is 6.08 Å². The summed E-state index contributed by atoms with van der Waals surface area (Å²) in [7, 11) is 1.56. The topological polar surface area (TPSA) is 66.9 Å². The number of methoxy groups -OCH3 is 1. The van der Waals surface area contributed by atoms with Gasteiger partial charge in [0.25, 0.3) is 0 Å². The average Bonchev–Trinajstić information content (AvgIpc) is 3.36. The van der Waals surface area contributed by atoms with Crippen LogP contribution in [0.1, 0.15) is 27.5 Å². The molecule has 3 aliphatic rings. The number of nitrogens with zero attached hydrogens (tertiary/aromatic N) is 2. The minimum absolute atomic E-state index is 0.170. The minimum Gasteiger partial charge on any atom is -0.497 e. The predicted octanol–water partition coefficient (Wildman–Crippen LogP) is 4.86. The average molecular weight is 529 g/mol. The lowest BCUT2D eigenvalue weighted by molar-refractivity contribution is -0.123. The van der Waals surface area contributed by atoms with Crippen molar-refractivity contribution in [3.8, 4) is 5.75 Å². The third-order valence-corrected chi connectivity index (χ3v) is 7.72. The van der Waals surface area contributed by atoms with Crippen molar-refractivity contribution in [2.45, 2.75) is 12.1 Å². The lowest BCUT2D eigenvalue weighted by Gasteiger charge is -2.35. The zero-order valence-electron chi connectivity index (χ0n) is 18.8. The summed E-state index contributed by atoms with van der Waals surface area (Å²) in [6.45, 7) is 0. The van der Waals surface area contributed by atoms with Gasteiger partial charge in [-0.25, -0.2) is 4.90 Å². The predicted molar refractivity (Wildman–Crippen MR) is 135 cm³/mol. The molecule has 2 amide bonds. The Morgan fingerprint density at radius 2 is 1.57 bits per heavy atom. The van der Waals surface area contributed by atoms with Crippen LogP contribution in [-0.2, 0) is 9.59 Å². The van der Waals surface area contributed by atoms with Crippen LogP contribution in [0.2, 0.25) is 0 Å². The third-order valence-electron chi connectivity index (χ3n) is 7.19. The number of ketones is 1. The highest BCUT2D eigenvalue weighted by Crippen LogP contribution is 2.53. The largest absolute Gasteiger partial charge is 0.497 e. The van der Waals surface area contributed by atoms with Gasteiger partial charge in [-0.3, -0.25) is 14.4 Å². The van der Waals surface area contributed by atoms with E-state index in [9.17, 15) is 14.4 Å². The Kier molecular flexibility index (Phi) is 5.11. The van der Waals surface area contributed by atoms with E-state index in [1.165, 1.54) is 4.90 Å². The molecule has 35 heavy (non-hydrogen) atoms. The molecule has 6 rings (SSSR count). The second-order valence-corrected chi connectivity index (χ2v) is 9.83. The number of fused-ring (bicyclic) bond motifs is 5. The van der Waals surface area contributed by atoms with E-state index in [0.29, 0.717) is 17.0 Å². The summed E-state index contributed by atoms with van der Waals surface area (Å²) < 4.78 is 6.09. The first kappa shape index (κ1) is 21.8. The maximum atomic E-state index is 13.9. The van der Waals surface area contributed by atoms with Crippen molar-refractivity contribution in [1.82, 2.24) is 4.90 Å². The molecule has 0 bridgehead atoms. The molecular weight excluding hydrogens is 508 g/mol. The van der Waals surface area contributed by atoms with Gasteiger partial charge in [0.1, 0.15) is 11.8 Å². The Hall–Kier alpha value is -3.71. The molecule has 3 aromatic rings. The molecule has 0 radical (unpaired) electrons. The number of ether oxygens (including phenoxy) is 1. The molecule has 0 N–H and O–H groups in total. The molecule has 3 heterocycles. The first-order chi connectivity index (χ1) is 17.0. The Morgan fingerprint density at radius 1 is 0.886 bits per heavy atom. The van der Waals surface area contributed by atoms with E-state index >= 15 is 0 Å². The second-order valence-electron chi connectivity index (χ2n) is 8.91. The molecule has 0 spiro atoms. The van der Waals surface area contributed by atoms with E-state index in [0.717, 1.165) is 15.6 Å². The van der Waals surface area contributed by atoms with Crippen LogP contribution in [0.3, 0.4) is 0 Å². The second kappa shape index (κ2) is 8.20. The molecular formula is C28H21BrN2O4. The first-order valence-electron chi connectivity index (χ1n) is 11.4. The normalized spacial score (nSPS) is 24.3. The smallest absolute Gasteiger partial charge is 0.240 e. The van der Waals surface area contributed by atoms with E-state index < -0.39 is 23.9 Å². The number of amides is 2. The van der Waals surface area contributed by atoms with Crippen molar-refractivity contribution >= 4 is 45.3 Å². The summed E-state index contributed by atoms with van der Waals surface area (Å²) in [5, 5.41) is 0. The summed E-state index contributed by atoms with van der Waals surface area (Å²) in [4.78, 5) is 44.8. The number of Topliss-reactive ketones (excluding diaryl/α,β-unsaturated/α-hetero) is 1. The maximum absolute atomic E-state index is 13.9. The summed E-state index contributed by atoms with van der Waals surface area (Å²) in [5.41, 5.74) is 2.94. The lowest BCUT2D eigenvalue weighted by atomic mass is 9.83. The van der Waals surface area contributed by atoms with Gasteiger partial charge in [-0.2, -0.15) is 0 Å². The van der Waals surface area contributed by atoms with Crippen LogP contribution in [0.15, 0.2) is 83.5 Å². The summed E-state index contributed by atoms with van der Waals surface area (Å²) in [6.07, 6.45) is 3.82. The monoisotopic (exact) mass is 528 g/mol. The van der Waals surface area contributed by atoms with Gasteiger partial charge in [-0.05, 0) is 53.6 Å². The van der Waals surface area contributed by atoms with Crippen molar-refractivity contribution in [3.63, 3.8) is 0 Å². The fourth-order valence-electron chi connectivity index (χ4n) is 5.63. The highest BCUT2D eigenvalue weighted by molar-refractivity contribution is 9.10. The number of rotatable bonds is 4. The lowest BCUT2D eigenvalue weighted by Crippen LogP contribution is -2.44. The minimum atomic E-state index is -0.790. The number of halogens is 1. The molecule has 3 aliphatic heterocycles. The number of anilines is 1. The van der Waals surface area contributed by atoms with E-state index in [1.54, 1.807) is 43.5 Å². The molecule has 4 atom stereocenters. The fourth-order valence-corrected chi connectivity index (χ4v) is 5.89. The van der Waals surface area contributed by atoms with Gasteiger partial charge in [0.15, 0.2) is 5.78 Å². The first-order valence-corrected chi connectivity index (χ1v) is 12.1. The molecule has 0 aliphatic carbocycles. The van der Waals surface area contributed by atoms with Crippen LogP contribution in [0.4, 0.5) is 5.69 Å². The highest BCUT2D eigenvalue weighted by Gasteiger charge is 2.64. The molecule has 0 saturated carbocycles. The van der Waals surface area contributed by atoms with Gasteiger partial charge < -0.3 is 9.64 Å². The van der Waals surface area contributed by atoms with Crippen LogP contribution >= 0.6 is 15.9 Å². The zero-order chi connectivity index (χ0) is 24.3. The molecule has 3 aromatic carbocycles. The van der Waals surface area contributed by atoms with E-state index in [4.69, 9.17) is 4.74 Å². The number of hydrogen-bond acceptors (Lipinski definition) is 5. The number of carbonyl (C=O) groups excluding carboxylic acids is 3. The van der Waals surface area contributed by atoms with Gasteiger partial charge >= 0.3 is 0 Å². The number of imide groups is 1. The Morgan fingerprint density at radius 3 is 2.29 bits per heavy atom. The summed E-state index contributed by atoms with van der Waals surface area (Å²) in [5.74, 6) is -1.62. The quantitative estimate of drug-likeness (QED) is 0.357. The van der Waals surface area contributed by atoms with Crippen molar-refractivity contribution in [3.05, 3.63) is 100 Å². The van der Waals surface area contributed by atoms with E-state index in [2.05, 4.69) is 15.9 Å². The zero-order valence-corrected chi connectivity index (χ0v) is 20.4. The third kappa shape index (κ3) is 3.26. The van der Waals surface area contributed by atoms with E-state index in [-0.39, 0.29) is 17.6 Å². The summed E-state index contributed by atoms with van der Waals surface area (Å²) >= 11 is 3.41. The van der Waals surface area contributed by atoms with Gasteiger partial charge in [0.2, 0.25) is 11.8 Å². The van der Waals surface area contributed by atoms with Crippen LogP contribution < -0.4 is 9.64 Å². The Labute approximate surface area is 210 Å². The molecule has 0 aromatic heterocycles. The van der Waals surface area contributed by atoms with Gasteiger partial charge in [-0.1, -0.05) is 52.3 Å². The SMILES string of the molecule is COc1ccc(N2C(=O)[C@@H]3[C@H](C2=O)[C@H](C(=O)c2ccc(Br)cc2)N2C=Cc4ccccc4[C@@H]32)cc1. The van der Waals surface area contributed by atoms with Crippen LogP contribution in [-0.4, -0.2) is 35.6 Å². The Balaban J connectivity index is 1.47. The standard InChI is InChI=1S/C28H21BrN2O4/c1-35-20-12-10-19(11-13-20)31-27(33)22-23(28(31)34)25(26(32)17-6-8-18(29)9-7-17)30-15-14-16-4-2-3-5-21(16)24(22)30/h2-15,22-25H,1H3/t22-,23+,24+,25-/m1/s1. The van der Waals surface area contributed by atoms with Crippen molar-refractivity contribution in [2.24, 2.45) is 11.8 Å². The number of benzene rings is 3. The molecule has 7 heteroatoms. The number of carbonyl (C=O) groups is 3.